The second-order valence-electron chi connectivity index (χ2n) is 27.3. The number of carbonyl (C=O) groups excluding carboxylic acids is 4. The van der Waals surface area contributed by atoms with Crippen molar-refractivity contribution in [3.63, 3.8) is 0 Å². The minimum Gasteiger partial charge on any atom is -0.377 e. The largest absolute Gasteiger partial charge is 0.377 e. The molecule has 90 heavy (non-hydrogen) atoms. The summed E-state index contributed by atoms with van der Waals surface area (Å²) in [6, 6.07) is 0. The van der Waals surface area contributed by atoms with Crippen LogP contribution in [0.5, 0.6) is 0 Å². The number of aliphatic hydroxyl groups excluding tert-OH is 1. The van der Waals surface area contributed by atoms with Gasteiger partial charge in [0.15, 0.2) is 0 Å². The Kier molecular flexibility index (Phi) is 70.6. The quantitative estimate of drug-likeness (QED) is 0.0230. The standard InChI is InChI=1S/C76H155N9O5/c1-6-11-16-21-26-31-36-41-46-51-56-78-72(86)67-83(65-66-85(70-75(89)81-59-54-49-44-39-34-29-24-19-14-9-4)71-76(90)82-60-55-50-45-40-35-30-25-20-15-10-5)63-61-77-62-64-84(68-73(87)79-57-52-47-42-37-32-27-22-17-12-7-2)69-74(88)80-58-53-48-43-38-33-28-23-18-13-8-3/h75,77,81,89H,6-71H2,1-5H3,(H,78,86)(H,79,87)(H,80,88)(H,82,90). The molecule has 14 nitrogen and oxygen atoms in total. The van der Waals surface area contributed by atoms with Gasteiger partial charge in [0, 0.05) is 72.0 Å². The molecule has 0 fully saturated rings. The van der Waals surface area contributed by atoms with Gasteiger partial charge in [-0.2, -0.15) is 0 Å². The van der Waals surface area contributed by atoms with E-state index in [2.05, 4.69) is 71.4 Å². The monoisotopic (exact) mass is 1270 g/mol. The van der Waals surface area contributed by atoms with Crippen LogP contribution in [-0.2, 0) is 19.2 Å². The molecule has 0 aromatic carbocycles. The molecule has 0 aliphatic heterocycles. The van der Waals surface area contributed by atoms with Crippen LogP contribution < -0.4 is 31.9 Å². The first-order valence-corrected chi connectivity index (χ1v) is 39.5. The van der Waals surface area contributed by atoms with Crippen molar-refractivity contribution in [2.45, 2.75) is 362 Å². The summed E-state index contributed by atoms with van der Waals surface area (Å²) in [6.07, 6.45) is 61.8. The number of amides is 4. The molecule has 1 atom stereocenters. The lowest BCUT2D eigenvalue weighted by Gasteiger charge is -2.29. The third-order valence-electron chi connectivity index (χ3n) is 18.2. The van der Waals surface area contributed by atoms with E-state index in [0.29, 0.717) is 72.0 Å². The lowest BCUT2D eigenvalue weighted by molar-refractivity contribution is -0.125. The van der Waals surface area contributed by atoms with Gasteiger partial charge in [0.1, 0.15) is 6.23 Å². The number of nitrogens with one attached hydrogen (secondary N) is 6. The van der Waals surface area contributed by atoms with Crippen molar-refractivity contribution in [2.24, 2.45) is 0 Å². The van der Waals surface area contributed by atoms with Crippen molar-refractivity contribution in [3.05, 3.63) is 0 Å². The summed E-state index contributed by atoms with van der Waals surface area (Å²) < 4.78 is 0. The maximum Gasteiger partial charge on any atom is 0.234 e. The summed E-state index contributed by atoms with van der Waals surface area (Å²) in [5.74, 6) is -0.109. The van der Waals surface area contributed by atoms with E-state index < -0.39 is 6.23 Å². The van der Waals surface area contributed by atoms with Crippen LogP contribution in [0, 0.1) is 0 Å². The molecule has 0 saturated carbocycles. The average molecular weight is 1280 g/mol. The highest BCUT2D eigenvalue weighted by Crippen LogP contribution is 2.15. The fourth-order valence-electron chi connectivity index (χ4n) is 12.2. The zero-order valence-electron chi connectivity index (χ0n) is 60.7. The van der Waals surface area contributed by atoms with Crippen molar-refractivity contribution in [1.29, 1.82) is 0 Å². The number of unbranched alkanes of at least 4 members (excludes halogenated alkanes) is 45. The normalized spacial score (nSPS) is 12.0. The number of carbonyl (C=O) groups is 4. The molecule has 0 aromatic heterocycles. The highest BCUT2D eigenvalue weighted by molar-refractivity contribution is 5.81. The second kappa shape index (κ2) is 72.5. The van der Waals surface area contributed by atoms with Crippen LogP contribution in [0.1, 0.15) is 356 Å². The van der Waals surface area contributed by atoms with Crippen molar-refractivity contribution < 1.29 is 24.3 Å². The molecule has 1 unspecified atom stereocenters. The second-order valence-corrected chi connectivity index (χ2v) is 27.3. The van der Waals surface area contributed by atoms with Crippen LogP contribution in [0.4, 0.5) is 0 Å². The van der Waals surface area contributed by atoms with Crippen molar-refractivity contribution in [1.82, 2.24) is 46.6 Å². The molecule has 0 bridgehead atoms. The molecule has 0 rings (SSSR count). The molecule has 14 heteroatoms. The summed E-state index contributed by atoms with van der Waals surface area (Å²) in [5, 5.41) is 31.0. The first kappa shape index (κ1) is 87.6. The van der Waals surface area contributed by atoms with Crippen molar-refractivity contribution >= 4 is 23.6 Å². The van der Waals surface area contributed by atoms with Gasteiger partial charge >= 0.3 is 0 Å². The van der Waals surface area contributed by atoms with Gasteiger partial charge in [-0.05, 0) is 38.6 Å². The minimum absolute atomic E-state index is 0.00344. The van der Waals surface area contributed by atoms with E-state index in [1.165, 1.54) is 257 Å². The summed E-state index contributed by atoms with van der Waals surface area (Å²) in [4.78, 5) is 60.2. The minimum atomic E-state index is -0.774. The Morgan fingerprint density at radius 2 is 0.467 bits per heavy atom. The van der Waals surface area contributed by atoms with Crippen LogP contribution in [0.25, 0.3) is 0 Å². The molecular formula is C76H155N9O5. The Hall–Kier alpha value is -2.36. The number of aliphatic hydroxyl groups is 1. The predicted octanol–water partition coefficient (Wildman–Crippen LogP) is 16.5. The highest BCUT2D eigenvalue weighted by Gasteiger charge is 2.19. The Bertz CT molecular complexity index is 1470. The van der Waals surface area contributed by atoms with E-state index in [9.17, 15) is 24.3 Å². The van der Waals surface area contributed by atoms with Gasteiger partial charge in [-0.3, -0.25) is 39.2 Å². The van der Waals surface area contributed by atoms with Gasteiger partial charge in [-0.15, -0.1) is 0 Å². The molecule has 4 amide bonds. The average Bonchev–Trinajstić information content (AvgIpc) is 3.74. The molecule has 0 aliphatic rings. The maximum absolute atomic E-state index is 13.7. The van der Waals surface area contributed by atoms with Gasteiger partial charge in [-0.1, -0.05) is 324 Å². The van der Waals surface area contributed by atoms with Gasteiger partial charge in [0.05, 0.1) is 26.2 Å². The third kappa shape index (κ3) is 67.1. The first-order chi connectivity index (χ1) is 44.2. The highest BCUT2D eigenvalue weighted by atomic mass is 16.3. The zero-order chi connectivity index (χ0) is 65.5. The smallest absolute Gasteiger partial charge is 0.234 e. The van der Waals surface area contributed by atoms with E-state index in [0.717, 1.165) is 70.8 Å². The van der Waals surface area contributed by atoms with Gasteiger partial charge in [0.2, 0.25) is 23.6 Å². The molecule has 534 valence electrons. The Morgan fingerprint density at radius 1 is 0.256 bits per heavy atom. The van der Waals surface area contributed by atoms with E-state index >= 15 is 0 Å². The number of hydrogen-bond donors (Lipinski definition) is 7. The lowest BCUT2D eigenvalue weighted by Crippen LogP contribution is -2.49. The summed E-state index contributed by atoms with van der Waals surface area (Å²) in [7, 11) is 0. The molecule has 7 N–H and O–H groups in total. The van der Waals surface area contributed by atoms with Gasteiger partial charge in [-0.25, -0.2) is 0 Å². The summed E-state index contributed by atoms with van der Waals surface area (Å²) >= 11 is 0. The van der Waals surface area contributed by atoms with Crippen LogP contribution in [-0.4, -0.2) is 154 Å². The van der Waals surface area contributed by atoms with Crippen LogP contribution in [0.3, 0.4) is 0 Å². The number of nitrogens with zero attached hydrogens (tertiary/aromatic N) is 3. The molecule has 0 saturated heterocycles. The summed E-state index contributed by atoms with van der Waals surface area (Å²) in [6.45, 7) is 19.2. The van der Waals surface area contributed by atoms with Crippen molar-refractivity contribution in [3.8, 4) is 0 Å². The van der Waals surface area contributed by atoms with Crippen LogP contribution in [0.15, 0.2) is 0 Å². The Labute approximate surface area is 558 Å². The van der Waals surface area contributed by atoms with Gasteiger partial charge < -0.3 is 31.7 Å². The SMILES string of the molecule is CCCCCCCCCCCCNC(=O)CN(CCNCCN(CC(=O)NCCCCCCCCCCCC)CC(=O)NCCCCCCCCCCCC)CCN(CC(=O)NCCCCCCCCCCCC)CC(O)NCCCCCCCCCCCC. The van der Waals surface area contributed by atoms with E-state index in [1.54, 1.807) is 0 Å². The summed E-state index contributed by atoms with van der Waals surface area (Å²) in [5.41, 5.74) is 0. The topological polar surface area (TPSA) is 170 Å². The number of rotatable bonds is 75. The molecule has 0 spiro atoms. The predicted molar refractivity (Wildman–Crippen MR) is 387 cm³/mol. The zero-order valence-corrected chi connectivity index (χ0v) is 60.7. The first-order valence-electron chi connectivity index (χ1n) is 39.5. The van der Waals surface area contributed by atoms with Crippen molar-refractivity contribution in [2.75, 3.05) is 105 Å². The van der Waals surface area contributed by atoms with E-state index in [1.807, 2.05) is 9.80 Å². The molecule has 0 heterocycles. The maximum atomic E-state index is 13.7. The fourth-order valence-corrected chi connectivity index (χ4v) is 12.2. The molecular weight excluding hydrogens is 1120 g/mol. The molecule has 0 radical (unpaired) electrons. The Morgan fingerprint density at radius 3 is 0.744 bits per heavy atom. The van der Waals surface area contributed by atoms with Crippen LogP contribution >= 0.6 is 0 Å². The Balaban J connectivity index is 5.84. The third-order valence-corrected chi connectivity index (χ3v) is 18.2. The lowest BCUT2D eigenvalue weighted by atomic mass is 10.1. The van der Waals surface area contributed by atoms with Crippen LogP contribution in [0.2, 0.25) is 0 Å². The number of hydrogen-bond acceptors (Lipinski definition) is 10. The fraction of sp³-hybridized carbons (Fsp3) is 0.947. The van der Waals surface area contributed by atoms with E-state index in [-0.39, 0.29) is 49.8 Å². The molecule has 0 aliphatic carbocycles. The van der Waals surface area contributed by atoms with Gasteiger partial charge in [0.25, 0.3) is 0 Å². The molecule has 0 aromatic rings. The van der Waals surface area contributed by atoms with E-state index in [4.69, 9.17) is 0 Å².